The average Bonchev–Trinajstić information content (AvgIpc) is 3.29. The van der Waals surface area contributed by atoms with E-state index in [9.17, 15) is 9.59 Å². The molecule has 1 fully saturated rings. The number of aryl methyl sites for hydroxylation is 1. The molecule has 7 nitrogen and oxygen atoms in total. The molecule has 2 aromatic heterocycles. The Morgan fingerprint density at radius 1 is 1.41 bits per heavy atom. The number of hydrogen-bond donors (Lipinski definition) is 1. The van der Waals surface area contributed by atoms with Gasteiger partial charge in [0.05, 0.1) is 23.3 Å². The summed E-state index contributed by atoms with van der Waals surface area (Å²) >= 11 is 1.46. The van der Waals surface area contributed by atoms with Gasteiger partial charge in [0.1, 0.15) is 5.71 Å². The second-order valence-corrected chi connectivity index (χ2v) is 7.91. The number of anilines is 1. The van der Waals surface area contributed by atoms with Crippen LogP contribution in [-0.4, -0.2) is 46.1 Å². The van der Waals surface area contributed by atoms with Crippen LogP contribution in [-0.2, 0) is 9.63 Å². The quantitative estimate of drug-likeness (QED) is 0.882. The van der Waals surface area contributed by atoms with E-state index in [-0.39, 0.29) is 11.8 Å². The van der Waals surface area contributed by atoms with E-state index >= 15 is 0 Å². The lowest BCUT2D eigenvalue weighted by molar-refractivity contribution is -0.110. The van der Waals surface area contributed by atoms with Gasteiger partial charge in [-0.1, -0.05) is 5.16 Å². The van der Waals surface area contributed by atoms with E-state index in [4.69, 9.17) is 4.84 Å². The average molecular weight is 384 g/mol. The predicted molar refractivity (Wildman–Crippen MR) is 103 cm³/mol. The van der Waals surface area contributed by atoms with Gasteiger partial charge in [0.15, 0.2) is 5.60 Å². The van der Waals surface area contributed by atoms with E-state index in [2.05, 4.69) is 15.5 Å². The Balaban J connectivity index is 1.41. The molecule has 1 unspecified atom stereocenters. The van der Waals surface area contributed by atoms with Crippen LogP contribution in [0, 0.1) is 6.92 Å². The third-order valence-corrected chi connectivity index (χ3v) is 5.82. The van der Waals surface area contributed by atoms with Crippen molar-refractivity contribution in [3.05, 3.63) is 46.4 Å². The number of carbonyl (C=O) groups excluding carboxylic acids is 2. The van der Waals surface area contributed by atoms with E-state index in [1.807, 2.05) is 23.3 Å². The van der Waals surface area contributed by atoms with Gasteiger partial charge in [0, 0.05) is 19.2 Å². The lowest BCUT2D eigenvalue weighted by Crippen LogP contribution is -2.50. The molecule has 0 radical (unpaired) electrons. The van der Waals surface area contributed by atoms with Gasteiger partial charge in [0.25, 0.3) is 11.8 Å². The number of rotatable bonds is 3. The first-order chi connectivity index (χ1) is 13.0. The molecule has 1 atom stereocenters. The van der Waals surface area contributed by atoms with Gasteiger partial charge in [-0.2, -0.15) is 0 Å². The summed E-state index contributed by atoms with van der Waals surface area (Å²) in [5.41, 5.74) is 1.44. The summed E-state index contributed by atoms with van der Waals surface area (Å²) in [7, 11) is 0. The molecule has 1 spiro atoms. The Morgan fingerprint density at radius 2 is 2.30 bits per heavy atom. The molecule has 0 aliphatic carbocycles. The minimum atomic E-state index is -0.609. The Bertz CT molecular complexity index is 895. The highest BCUT2D eigenvalue weighted by molar-refractivity contribution is 7.12. The van der Waals surface area contributed by atoms with Crippen LogP contribution in [0.5, 0.6) is 0 Å². The van der Waals surface area contributed by atoms with E-state index < -0.39 is 5.60 Å². The first-order valence-electron chi connectivity index (χ1n) is 8.86. The summed E-state index contributed by atoms with van der Waals surface area (Å²) in [5, 5.41) is 8.78. The molecule has 0 saturated carbocycles. The number of aromatic nitrogens is 1. The number of piperidine rings is 1. The minimum Gasteiger partial charge on any atom is -0.386 e. The van der Waals surface area contributed by atoms with Crippen molar-refractivity contribution < 1.29 is 14.4 Å². The highest BCUT2D eigenvalue weighted by atomic mass is 32.1. The summed E-state index contributed by atoms with van der Waals surface area (Å²) in [6.45, 7) is 3.11. The third-order valence-electron chi connectivity index (χ3n) is 4.79. The van der Waals surface area contributed by atoms with Crippen LogP contribution in [0.2, 0.25) is 0 Å². The molecule has 1 N–H and O–H groups in total. The van der Waals surface area contributed by atoms with Gasteiger partial charge in [0.2, 0.25) is 0 Å². The van der Waals surface area contributed by atoms with E-state index in [1.165, 1.54) is 11.3 Å². The fourth-order valence-electron chi connectivity index (χ4n) is 3.47. The van der Waals surface area contributed by atoms with Crippen molar-refractivity contribution in [2.75, 3.05) is 18.4 Å². The van der Waals surface area contributed by atoms with Crippen LogP contribution >= 0.6 is 11.3 Å². The smallest absolute Gasteiger partial charge is 0.273 e. The number of nitrogens with zero attached hydrogens (tertiary/aromatic N) is 3. The standard InChI is InChI=1S/C19H20N4O3S/c1-13-8-16(27-11-13)18(25)23-7-3-5-19(12-23)9-15(22-26-19)17(24)21-14-4-2-6-20-10-14/h2,4,6,8,10-11H,3,5,7,9,12H2,1H3,(H,21,24). The lowest BCUT2D eigenvalue weighted by atomic mass is 9.88. The van der Waals surface area contributed by atoms with Crippen LogP contribution in [0.3, 0.4) is 0 Å². The Kier molecular flexibility index (Phi) is 4.65. The predicted octanol–water partition coefficient (Wildman–Crippen LogP) is 2.84. The van der Waals surface area contributed by atoms with Gasteiger partial charge in [-0.05, 0) is 48.9 Å². The second-order valence-electron chi connectivity index (χ2n) is 7.00. The first kappa shape index (κ1) is 17.7. The van der Waals surface area contributed by atoms with Crippen LogP contribution in [0.15, 0.2) is 41.1 Å². The topological polar surface area (TPSA) is 83.9 Å². The molecule has 140 valence electrons. The molecule has 1 saturated heterocycles. The monoisotopic (exact) mass is 384 g/mol. The molecule has 0 aromatic carbocycles. The van der Waals surface area contributed by atoms with Crippen LogP contribution in [0.1, 0.15) is 34.5 Å². The second kappa shape index (κ2) is 7.11. The molecule has 2 aliphatic rings. The Morgan fingerprint density at radius 3 is 3.04 bits per heavy atom. The van der Waals surface area contributed by atoms with Gasteiger partial charge >= 0.3 is 0 Å². The van der Waals surface area contributed by atoms with E-state index in [1.54, 1.807) is 24.5 Å². The fraction of sp³-hybridized carbons (Fsp3) is 0.368. The van der Waals surface area contributed by atoms with Crippen molar-refractivity contribution in [3.63, 3.8) is 0 Å². The maximum absolute atomic E-state index is 12.8. The summed E-state index contributed by atoms with van der Waals surface area (Å²) < 4.78 is 0. The minimum absolute atomic E-state index is 0.0176. The maximum Gasteiger partial charge on any atom is 0.273 e. The normalized spacial score (nSPS) is 21.7. The van der Waals surface area contributed by atoms with E-state index in [0.717, 1.165) is 23.3 Å². The van der Waals surface area contributed by atoms with Crippen molar-refractivity contribution >= 4 is 34.6 Å². The highest BCUT2D eigenvalue weighted by Crippen LogP contribution is 2.34. The van der Waals surface area contributed by atoms with Gasteiger partial charge in [-0.15, -0.1) is 11.3 Å². The molecule has 2 aliphatic heterocycles. The number of nitrogens with one attached hydrogen (secondary N) is 1. The number of carbonyl (C=O) groups is 2. The van der Waals surface area contributed by atoms with Crippen LogP contribution in [0.25, 0.3) is 0 Å². The largest absolute Gasteiger partial charge is 0.386 e. The Hall–Kier alpha value is -2.74. The summed E-state index contributed by atoms with van der Waals surface area (Å²) in [4.78, 5) is 37.4. The van der Waals surface area contributed by atoms with Crippen LogP contribution < -0.4 is 5.32 Å². The molecular weight excluding hydrogens is 364 g/mol. The number of hydrogen-bond acceptors (Lipinski definition) is 6. The number of pyridine rings is 1. The number of thiophene rings is 1. The van der Waals surface area contributed by atoms with Crippen molar-refractivity contribution in [2.45, 2.75) is 31.8 Å². The molecule has 2 aromatic rings. The van der Waals surface area contributed by atoms with Crippen molar-refractivity contribution in [2.24, 2.45) is 5.16 Å². The number of amides is 2. The van der Waals surface area contributed by atoms with Crippen molar-refractivity contribution in [1.29, 1.82) is 0 Å². The lowest BCUT2D eigenvalue weighted by Gasteiger charge is -2.38. The molecule has 4 heterocycles. The SMILES string of the molecule is Cc1csc(C(=O)N2CCCC3(CC(C(=O)Nc4cccnc4)=NO3)C2)c1. The summed E-state index contributed by atoms with van der Waals surface area (Å²) in [6.07, 6.45) is 5.21. The van der Waals surface area contributed by atoms with E-state index in [0.29, 0.717) is 30.9 Å². The molecule has 0 bridgehead atoms. The first-order valence-corrected chi connectivity index (χ1v) is 9.73. The Labute approximate surface area is 161 Å². The zero-order valence-corrected chi connectivity index (χ0v) is 15.8. The van der Waals surface area contributed by atoms with Crippen LogP contribution in [0.4, 0.5) is 5.69 Å². The van der Waals surface area contributed by atoms with Crippen molar-refractivity contribution in [3.8, 4) is 0 Å². The highest BCUT2D eigenvalue weighted by Gasteiger charge is 2.45. The summed E-state index contributed by atoms with van der Waals surface area (Å²) in [6, 6.07) is 5.43. The third kappa shape index (κ3) is 3.71. The van der Waals surface area contributed by atoms with Crippen molar-refractivity contribution in [1.82, 2.24) is 9.88 Å². The molecule has 4 rings (SSSR count). The van der Waals surface area contributed by atoms with Gasteiger partial charge in [-0.25, -0.2) is 0 Å². The zero-order chi connectivity index (χ0) is 18.9. The molecule has 8 heteroatoms. The number of likely N-dealkylation sites (tertiary alicyclic amines) is 1. The summed E-state index contributed by atoms with van der Waals surface area (Å²) in [5.74, 6) is -0.277. The molecular formula is C19H20N4O3S. The maximum atomic E-state index is 12.8. The number of oxime groups is 1. The van der Waals surface area contributed by atoms with Gasteiger partial charge < -0.3 is 15.1 Å². The zero-order valence-electron chi connectivity index (χ0n) is 15.0. The van der Waals surface area contributed by atoms with Gasteiger partial charge in [-0.3, -0.25) is 14.6 Å². The fourth-order valence-corrected chi connectivity index (χ4v) is 4.34. The molecule has 2 amide bonds. The molecule has 27 heavy (non-hydrogen) atoms.